The van der Waals surface area contributed by atoms with Gasteiger partial charge in [-0.15, -0.1) is 0 Å². The van der Waals surface area contributed by atoms with E-state index >= 15 is 0 Å². The molecule has 2 aromatic rings. The van der Waals surface area contributed by atoms with Gasteiger partial charge in [0, 0.05) is 5.69 Å². The predicted molar refractivity (Wildman–Crippen MR) is 91.1 cm³/mol. The van der Waals surface area contributed by atoms with Gasteiger partial charge in [0.05, 0.1) is 12.5 Å². The normalized spacial score (nSPS) is 11.6. The van der Waals surface area contributed by atoms with E-state index in [0.717, 1.165) is 22.4 Å². The van der Waals surface area contributed by atoms with Crippen LogP contribution in [0.2, 0.25) is 0 Å². The lowest BCUT2D eigenvalue weighted by Gasteiger charge is -2.20. The van der Waals surface area contributed by atoms with Crippen molar-refractivity contribution < 1.29 is 9.59 Å². The van der Waals surface area contributed by atoms with E-state index in [-0.39, 0.29) is 12.3 Å². The minimum Gasteiger partial charge on any atom is -0.352 e. The second-order valence-corrected chi connectivity index (χ2v) is 5.48. The SMILES string of the molecule is Cc1ccccc1NC(=O)C[C@H](NC(N)=O)c1ccccc1C. The van der Waals surface area contributed by atoms with Crippen molar-refractivity contribution in [3.63, 3.8) is 0 Å². The highest BCUT2D eigenvalue weighted by Gasteiger charge is 2.19. The highest BCUT2D eigenvalue weighted by molar-refractivity contribution is 5.92. The first kappa shape index (κ1) is 16.5. The van der Waals surface area contributed by atoms with Crippen LogP contribution in [0.3, 0.4) is 0 Å². The van der Waals surface area contributed by atoms with Crippen LogP contribution in [0.4, 0.5) is 10.5 Å². The average Bonchev–Trinajstić information content (AvgIpc) is 2.49. The second kappa shape index (κ2) is 7.45. The van der Waals surface area contributed by atoms with Crippen LogP contribution in [0.15, 0.2) is 48.5 Å². The Morgan fingerprint density at radius 3 is 2.22 bits per heavy atom. The minimum absolute atomic E-state index is 0.113. The quantitative estimate of drug-likeness (QED) is 0.793. The molecular weight excluding hydrogens is 290 g/mol. The van der Waals surface area contributed by atoms with Gasteiger partial charge in [0.25, 0.3) is 0 Å². The van der Waals surface area contributed by atoms with E-state index in [4.69, 9.17) is 5.73 Å². The van der Waals surface area contributed by atoms with Crippen LogP contribution in [0, 0.1) is 13.8 Å². The third-order valence-electron chi connectivity index (χ3n) is 3.69. The number of hydrogen-bond acceptors (Lipinski definition) is 2. The number of primary amides is 1. The van der Waals surface area contributed by atoms with E-state index in [1.54, 1.807) is 0 Å². The zero-order chi connectivity index (χ0) is 16.8. The number of nitrogens with two attached hydrogens (primary N) is 1. The van der Waals surface area contributed by atoms with Crippen molar-refractivity contribution in [2.24, 2.45) is 5.73 Å². The first-order valence-electron chi connectivity index (χ1n) is 7.44. The number of benzene rings is 2. The predicted octanol–water partition coefficient (Wildman–Crippen LogP) is 3.04. The molecule has 0 aliphatic rings. The second-order valence-electron chi connectivity index (χ2n) is 5.48. The molecule has 0 heterocycles. The lowest BCUT2D eigenvalue weighted by Crippen LogP contribution is -2.35. The van der Waals surface area contributed by atoms with Crippen molar-refractivity contribution in [1.82, 2.24) is 5.32 Å². The summed E-state index contributed by atoms with van der Waals surface area (Å²) in [5.74, 6) is -0.179. The zero-order valence-electron chi connectivity index (χ0n) is 13.3. The Morgan fingerprint density at radius 2 is 1.61 bits per heavy atom. The molecule has 0 aliphatic carbocycles. The molecular formula is C18H21N3O2. The molecule has 0 saturated carbocycles. The van der Waals surface area contributed by atoms with E-state index < -0.39 is 12.1 Å². The number of nitrogens with one attached hydrogen (secondary N) is 2. The number of hydrogen-bond donors (Lipinski definition) is 3. The number of aryl methyl sites for hydroxylation is 2. The maximum Gasteiger partial charge on any atom is 0.312 e. The van der Waals surface area contributed by atoms with Gasteiger partial charge >= 0.3 is 6.03 Å². The lowest BCUT2D eigenvalue weighted by molar-refractivity contribution is -0.116. The summed E-state index contributed by atoms with van der Waals surface area (Å²) in [5.41, 5.74) is 8.87. The molecule has 3 amide bonds. The molecule has 0 unspecified atom stereocenters. The summed E-state index contributed by atoms with van der Waals surface area (Å²) in [6.07, 6.45) is 0.113. The van der Waals surface area contributed by atoms with Crippen molar-refractivity contribution in [3.8, 4) is 0 Å². The first-order chi connectivity index (χ1) is 11.0. The van der Waals surface area contributed by atoms with Gasteiger partial charge in [0.15, 0.2) is 0 Å². The molecule has 5 nitrogen and oxygen atoms in total. The molecule has 0 saturated heterocycles. The van der Waals surface area contributed by atoms with Gasteiger partial charge in [-0.1, -0.05) is 42.5 Å². The largest absolute Gasteiger partial charge is 0.352 e. The summed E-state index contributed by atoms with van der Waals surface area (Å²) in [6, 6.07) is 14.0. The van der Waals surface area contributed by atoms with Gasteiger partial charge in [-0.2, -0.15) is 0 Å². The Kier molecular flexibility index (Phi) is 5.36. The standard InChI is InChI=1S/C18H21N3O2/c1-12-7-3-5-9-14(12)16(21-18(19)23)11-17(22)20-15-10-6-4-8-13(15)2/h3-10,16H,11H2,1-2H3,(H,20,22)(H3,19,21,23)/t16-/m0/s1. The summed E-state index contributed by atoms with van der Waals surface area (Å²) in [5, 5.41) is 5.52. The zero-order valence-corrected chi connectivity index (χ0v) is 13.3. The fourth-order valence-corrected chi connectivity index (χ4v) is 2.49. The molecule has 0 bridgehead atoms. The number of carbonyl (C=O) groups is 2. The summed E-state index contributed by atoms with van der Waals surface area (Å²) in [7, 11) is 0. The van der Waals surface area contributed by atoms with E-state index in [9.17, 15) is 9.59 Å². The van der Waals surface area contributed by atoms with E-state index in [2.05, 4.69) is 10.6 Å². The van der Waals surface area contributed by atoms with Gasteiger partial charge in [-0.3, -0.25) is 4.79 Å². The minimum atomic E-state index is -0.651. The maximum atomic E-state index is 12.3. The van der Waals surface area contributed by atoms with Gasteiger partial charge in [-0.05, 0) is 36.6 Å². The Labute approximate surface area is 135 Å². The van der Waals surface area contributed by atoms with Crippen molar-refractivity contribution in [1.29, 1.82) is 0 Å². The van der Waals surface area contributed by atoms with Crippen LogP contribution in [-0.2, 0) is 4.79 Å². The molecule has 2 rings (SSSR count). The number of urea groups is 1. The van der Waals surface area contributed by atoms with Crippen molar-refractivity contribution in [2.45, 2.75) is 26.3 Å². The molecule has 0 spiro atoms. The molecule has 5 heteroatoms. The molecule has 4 N–H and O–H groups in total. The molecule has 0 fully saturated rings. The highest BCUT2D eigenvalue weighted by Crippen LogP contribution is 2.22. The van der Waals surface area contributed by atoms with Gasteiger partial charge in [0.2, 0.25) is 5.91 Å². The average molecular weight is 311 g/mol. The monoisotopic (exact) mass is 311 g/mol. The van der Waals surface area contributed by atoms with E-state index in [1.807, 2.05) is 62.4 Å². The van der Waals surface area contributed by atoms with Crippen LogP contribution in [0.25, 0.3) is 0 Å². The Morgan fingerprint density at radius 1 is 1.00 bits per heavy atom. The van der Waals surface area contributed by atoms with Crippen molar-refractivity contribution in [3.05, 3.63) is 65.2 Å². The summed E-state index contributed by atoms with van der Waals surface area (Å²) in [6.45, 7) is 3.86. The van der Waals surface area contributed by atoms with Crippen LogP contribution in [0.5, 0.6) is 0 Å². The third kappa shape index (κ3) is 4.57. The Balaban J connectivity index is 2.15. The fraction of sp³-hybridized carbons (Fsp3) is 0.222. The van der Waals surface area contributed by atoms with Gasteiger partial charge < -0.3 is 16.4 Å². The molecule has 120 valence electrons. The van der Waals surface area contributed by atoms with Crippen molar-refractivity contribution >= 4 is 17.6 Å². The van der Waals surface area contributed by atoms with Crippen LogP contribution >= 0.6 is 0 Å². The van der Waals surface area contributed by atoms with Crippen LogP contribution < -0.4 is 16.4 Å². The summed E-state index contributed by atoms with van der Waals surface area (Å²) >= 11 is 0. The Hall–Kier alpha value is -2.82. The number of para-hydroxylation sites is 1. The Bertz CT molecular complexity index is 713. The van der Waals surface area contributed by atoms with Gasteiger partial charge in [-0.25, -0.2) is 4.79 Å². The topological polar surface area (TPSA) is 84.2 Å². The molecule has 0 aliphatic heterocycles. The number of carbonyl (C=O) groups excluding carboxylic acids is 2. The molecule has 23 heavy (non-hydrogen) atoms. The first-order valence-corrected chi connectivity index (χ1v) is 7.44. The smallest absolute Gasteiger partial charge is 0.312 e. The third-order valence-corrected chi connectivity index (χ3v) is 3.69. The maximum absolute atomic E-state index is 12.3. The van der Waals surface area contributed by atoms with Crippen LogP contribution in [0.1, 0.15) is 29.2 Å². The van der Waals surface area contributed by atoms with Crippen molar-refractivity contribution in [2.75, 3.05) is 5.32 Å². The molecule has 0 aromatic heterocycles. The summed E-state index contributed by atoms with van der Waals surface area (Å²) in [4.78, 5) is 23.6. The fourth-order valence-electron chi connectivity index (χ4n) is 2.49. The number of anilines is 1. The van der Waals surface area contributed by atoms with Crippen LogP contribution in [-0.4, -0.2) is 11.9 Å². The number of amides is 3. The molecule has 0 radical (unpaired) electrons. The number of rotatable bonds is 5. The van der Waals surface area contributed by atoms with E-state index in [0.29, 0.717) is 0 Å². The highest BCUT2D eigenvalue weighted by atomic mass is 16.2. The van der Waals surface area contributed by atoms with Gasteiger partial charge in [0.1, 0.15) is 0 Å². The molecule has 1 atom stereocenters. The molecule has 2 aromatic carbocycles. The lowest BCUT2D eigenvalue weighted by atomic mass is 9.98. The summed E-state index contributed by atoms with van der Waals surface area (Å²) < 4.78 is 0. The van der Waals surface area contributed by atoms with E-state index in [1.165, 1.54) is 0 Å².